The summed E-state index contributed by atoms with van der Waals surface area (Å²) in [6.07, 6.45) is 2.69. The Labute approximate surface area is 116 Å². The summed E-state index contributed by atoms with van der Waals surface area (Å²) in [6, 6.07) is 9.62. The zero-order chi connectivity index (χ0) is 13.2. The van der Waals surface area contributed by atoms with Crippen LogP contribution in [0, 0.1) is 12.8 Å². The fourth-order valence-electron chi connectivity index (χ4n) is 3.44. The second-order valence-corrected chi connectivity index (χ2v) is 6.00. The molecule has 1 heterocycles. The topological polar surface area (TPSA) is 32.5 Å². The lowest BCUT2D eigenvalue weighted by Crippen LogP contribution is -2.56. The van der Waals surface area contributed by atoms with Gasteiger partial charge in [0, 0.05) is 37.9 Å². The Kier molecular flexibility index (Phi) is 3.76. The maximum absolute atomic E-state index is 5.83. The van der Waals surface area contributed by atoms with Gasteiger partial charge in [-0.25, -0.2) is 0 Å². The van der Waals surface area contributed by atoms with Gasteiger partial charge in [0.05, 0.1) is 0 Å². The van der Waals surface area contributed by atoms with Crippen molar-refractivity contribution in [1.29, 1.82) is 0 Å². The van der Waals surface area contributed by atoms with E-state index in [2.05, 4.69) is 41.0 Å². The highest BCUT2D eigenvalue weighted by molar-refractivity contribution is 5.48. The Morgan fingerprint density at radius 1 is 1.16 bits per heavy atom. The van der Waals surface area contributed by atoms with E-state index >= 15 is 0 Å². The third-order valence-corrected chi connectivity index (χ3v) is 4.83. The summed E-state index contributed by atoms with van der Waals surface area (Å²) in [5.41, 5.74) is 8.56. The standard InChI is InChI=1S/C16H25N3/c1-13-3-2-4-15(11-13)18-7-9-19(10-8-18)16-6-5-14(16)12-17/h2-4,11,14,16H,5-10,12,17H2,1H3. The molecule has 0 spiro atoms. The normalized spacial score (nSPS) is 28.2. The monoisotopic (exact) mass is 259 g/mol. The van der Waals surface area contributed by atoms with Crippen LogP contribution in [-0.4, -0.2) is 43.7 Å². The molecule has 3 nitrogen and oxygen atoms in total. The summed E-state index contributed by atoms with van der Waals surface area (Å²) in [5.74, 6) is 0.755. The highest BCUT2D eigenvalue weighted by atomic mass is 15.3. The summed E-state index contributed by atoms with van der Waals surface area (Å²) in [7, 11) is 0. The van der Waals surface area contributed by atoms with Crippen molar-refractivity contribution in [2.75, 3.05) is 37.6 Å². The van der Waals surface area contributed by atoms with Crippen molar-refractivity contribution >= 4 is 5.69 Å². The minimum Gasteiger partial charge on any atom is -0.369 e. The van der Waals surface area contributed by atoms with Crippen molar-refractivity contribution in [2.45, 2.75) is 25.8 Å². The zero-order valence-corrected chi connectivity index (χ0v) is 11.9. The minimum absolute atomic E-state index is 0.755. The van der Waals surface area contributed by atoms with Crippen molar-refractivity contribution in [3.63, 3.8) is 0 Å². The Morgan fingerprint density at radius 2 is 1.95 bits per heavy atom. The number of nitrogens with zero attached hydrogens (tertiary/aromatic N) is 2. The third-order valence-electron chi connectivity index (χ3n) is 4.83. The SMILES string of the molecule is Cc1cccc(N2CCN(C3CCC3CN)CC2)c1. The molecule has 2 N–H and O–H groups in total. The Balaban J connectivity index is 1.57. The summed E-state index contributed by atoms with van der Waals surface area (Å²) in [4.78, 5) is 5.17. The van der Waals surface area contributed by atoms with Gasteiger partial charge in [-0.15, -0.1) is 0 Å². The van der Waals surface area contributed by atoms with Crippen molar-refractivity contribution in [2.24, 2.45) is 11.7 Å². The van der Waals surface area contributed by atoms with Gasteiger partial charge in [0.1, 0.15) is 0 Å². The highest BCUT2D eigenvalue weighted by Crippen LogP contribution is 2.32. The fraction of sp³-hybridized carbons (Fsp3) is 0.625. The largest absolute Gasteiger partial charge is 0.369 e. The maximum Gasteiger partial charge on any atom is 0.0369 e. The second-order valence-electron chi connectivity index (χ2n) is 6.00. The number of rotatable bonds is 3. The van der Waals surface area contributed by atoms with Gasteiger partial charge in [-0.05, 0) is 49.9 Å². The highest BCUT2D eigenvalue weighted by Gasteiger charge is 2.35. The molecular formula is C16H25N3. The van der Waals surface area contributed by atoms with Gasteiger partial charge in [0.25, 0.3) is 0 Å². The first kappa shape index (κ1) is 12.9. The molecule has 2 fully saturated rings. The molecule has 2 unspecified atom stereocenters. The molecule has 1 saturated carbocycles. The van der Waals surface area contributed by atoms with E-state index in [1.807, 2.05) is 0 Å². The van der Waals surface area contributed by atoms with Crippen molar-refractivity contribution in [3.8, 4) is 0 Å². The lowest BCUT2D eigenvalue weighted by atomic mass is 9.78. The van der Waals surface area contributed by atoms with Crippen LogP contribution in [0.4, 0.5) is 5.69 Å². The predicted molar refractivity (Wildman–Crippen MR) is 80.5 cm³/mol. The van der Waals surface area contributed by atoms with Crippen LogP contribution in [-0.2, 0) is 0 Å². The molecule has 1 aromatic carbocycles. The molecule has 104 valence electrons. The molecule has 0 radical (unpaired) electrons. The van der Waals surface area contributed by atoms with Crippen molar-refractivity contribution in [1.82, 2.24) is 4.90 Å². The molecule has 3 heteroatoms. The first-order valence-electron chi connectivity index (χ1n) is 7.53. The number of nitrogens with two attached hydrogens (primary N) is 1. The average molecular weight is 259 g/mol. The number of benzene rings is 1. The van der Waals surface area contributed by atoms with Crippen LogP contribution in [0.25, 0.3) is 0 Å². The third kappa shape index (κ3) is 2.63. The lowest BCUT2D eigenvalue weighted by Gasteiger charge is -2.47. The average Bonchev–Trinajstić information content (AvgIpc) is 2.39. The molecule has 2 aliphatic rings. The number of hydrogen-bond acceptors (Lipinski definition) is 3. The van der Waals surface area contributed by atoms with Crippen LogP contribution in [0.15, 0.2) is 24.3 Å². The summed E-state index contributed by atoms with van der Waals surface area (Å²) in [6.45, 7) is 7.71. The van der Waals surface area contributed by atoms with E-state index in [1.54, 1.807) is 0 Å². The van der Waals surface area contributed by atoms with E-state index < -0.39 is 0 Å². The van der Waals surface area contributed by atoms with Gasteiger partial charge in [-0.1, -0.05) is 12.1 Å². The van der Waals surface area contributed by atoms with E-state index in [4.69, 9.17) is 5.73 Å². The molecule has 0 aromatic heterocycles. The van der Waals surface area contributed by atoms with Gasteiger partial charge in [-0.2, -0.15) is 0 Å². The summed E-state index contributed by atoms with van der Waals surface area (Å²) < 4.78 is 0. The predicted octanol–water partition coefficient (Wildman–Crippen LogP) is 1.85. The summed E-state index contributed by atoms with van der Waals surface area (Å²) in [5, 5.41) is 0. The van der Waals surface area contributed by atoms with Crippen LogP contribution in [0.3, 0.4) is 0 Å². The molecule has 1 aliphatic carbocycles. The van der Waals surface area contributed by atoms with Crippen LogP contribution in [0.1, 0.15) is 18.4 Å². The van der Waals surface area contributed by atoms with E-state index in [9.17, 15) is 0 Å². The quantitative estimate of drug-likeness (QED) is 0.899. The van der Waals surface area contributed by atoms with Gasteiger partial charge < -0.3 is 10.6 Å². The van der Waals surface area contributed by atoms with Crippen LogP contribution >= 0.6 is 0 Å². The number of aryl methyl sites for hydroxylation is 1. The van der Waals surface area contributed by atoms with Crippen LogP contribution in [0.5, 0.6) is 0 Å². The minimum atomic E-state index is 0.755. The van der Waals surface area contributed by atoms with E-state index in [0.717, 1.165) is 31.6 Å². The van der Waals surface area contributed by atoms with Gasteiger partial charge in [-0.3, -0.25) is 4.90 Å². The van der Waals surface area contributed by atoms with E-state index in [0.29, 0.717) is 0 Å². The Hall–Kier alpha value is -1.06. The number of anilines is 1. The molecule has 1 saturated heterocycles. The van der Waals surface area contributed by atoms with Crippen molar-refractivity contribution < 1.29 is 0 Å². The fourth-order valence-corrected chi connectivity index (χ4v) is 3.44. The lowest BCUT2D eigenvalue weighted by molar-refractivity contribution is 0.0619. The molecule has 1 aromatic rings. The smallest absolute Gasteiger partial charge is 0.0369 e. The molecule has 0 amide bonds. The Bertz CT molecular complexity index is 422. The molecule has 3 rings (SSSR count). The van der Waals surface area contributed by atoms with Gasteiger partial charge >= 0.3 is 0 Å². The molecular weight excluding hydrogens is 234 g/mol. The first-order valence-corrected chi connectivity index (χ1v) is 7.53. The number of piperazine rings is 1. The molecule has 19 heavy (non-hydrogen) atoms. The van der Waals surface area contributed by atoms with Gasteiger partial charge in [0.2, 0.25) is 0 Å². The first-order chi connectivity index (χ1) is 9.28. The van der Waals surface area contributed by atoms with Crippen LogP contribution in [0.2, 0.25) is 0 Å². The zero-order valence-electron chi connectivity index (χ0n) is 11.9. The van der Waals surface area contributed by atoms with Crippen molar-refractivity contribution in [3.05, 3.63) is 29.8 Å². The van der Waals surface area contributed by atoms with Gasteiger partial charge in [0.15, 0.2) is 0 Å². The van der Waals surface area contributed by atoms with E-state index in [1.165, 1.54) is 37.2 Å². The second kappa shape index (κ2) is 5.51. The van der Waals surface area contributed by atoms with E-state index in [-0.39, 0.29) is 0 Å². The molecule has 1 aliphatic heterocycles. The maximum atomic E-state index is 5.83. The Morgan fingerprint density at radius 3 is 2.53 bits per heavy atom. The molecule has 0 bridgehead atoms. The van der Waals surface area contributed by atoms with Crippen LogP contribution < -0.4 is 10.6 Å². The number of hydrogen-bond donors (Lipinski definition) is 1. The molecule has 2 atom stereocenters. The summed E-state index contributed by atoms with van der Waals surface area (Å²) >= 11 is 0.